The topological polar surface area (TPSA) is 17.0 Å². The highest BCUT2D eigenvalue weighted by atomic mass is 16.3. The van der Waals surface area contributed by atoms with Crippen LogP contribution >= 0.6 is 0 Å². The number of pyridine rings is 1. The third-order valence-corrected chi connectivity index (χ3v) is 5.10. The quantitative estimate of drug-likeness (QED) is 0.423. The molecule has 0 aliphatic heterocycles. The van der Waals surface area contributed by atoms with Crippen LogP contribution in [0.4, 0.5) is 0 Å². The van der Waals surface area contributed by atoms with Gasteiger partial charge in [-0.1, -0.05) is 38.1 Å². The average molecular weight is 344 g/mol. The lowest BCUT2D eigenvalue weighted by molar-refractivity contribution is -0.660. The molecular formula is C24H26NO+. The molecule has 0 fully saturated rings. The lowest BCUT2D eigenvalue weighted by Crippen LogP contribution is -2.31. The summed E-state index contributed by atoms with van der Waals surface area (Å²) in [5.74, 6) is 0.657. The van der Waals surface area contributed by atoms with E-state index in [1.165, 1.54) is 38.7 Å². The van der Waals surface area contributed by atoms with Gasteiger partial charge < -0.3 is 4.42 Å². The van der Waals surface area contributed by atoms with Gasteiger partial charge >= 0.3 is 0 Å². The van der Waals surface area contributed by atoms with Crippen LogP contribution in [0.25, 0.3) is 33.2 Å². The molecule has 26 heavy (non-hydrogen) atoms. The van der Waals surface area contributed by atoms with Crippen molar-refractivity contribution < 1.29 is 8.98 Å². The molecule has 0 radical (unpaired) electrons. The molecule has 0 bridgehead atoms. The van der Waals surface area contributed by atoms with Crippen molar-refractivity contribution >= 4 is 21.9 Å². The van der Waals surface area contributed by atoms with Gasteiger partial charge in [0.15, 0.2) is 6.20 Å². The number of hydrogen-bond acceptors (Lipinski definition) is 1. The minimum atomic E-state index is 0.657. The number of hydrogen-bond donors (Lipinski definition) is 0. The minimum absolute atomic E-state index is 0.657. The van der Waals surface area contributed by atoms with E-state index < -0.39 is 0 Å². The molecule has 0 unspecified atom stereocenters. The van der Waals surface area contributed by atoms with Crippen molar-refractivity contribution in [2.24, 2.45) is 13.0 Å². The van der Waals surface area contributed by atoms with Gasteiger partial charge in [0.2, 0.25) is 5.69 Å². The first-order valence-corrected chi connectivity index (χ1v) is 9.35. The second-order valence-corrected chi connectivity index (χ2v) is 7.87. The van der Waals surface area contributed by atoms with E-state index in [-0.39, 0.29) is 0 Å². The number of furan rings is 1. The summed E-state index contributed by atoms with van der Waals surface area (Å²) in [4.78, 5) is 0. The first-order chi connectivity index (χ1) is 12.4. The molecule has 0 aliphatic rings. The van der Waals surface area contributed by atoms with Crippen LogP contribution in [0.2, 0.25) is 0 Å². The average Bonchev–Trinajstić information content (AvgIpc) is 2.92. The first-order valence-electron chi connectivity index (χ1n) is 9.35. The zero-order chi connectivity index (χ0) is 18.4. The highest BCUT2D eigenvalue weighted by molar-refractivity contribution is 6.09. The molecule has 2 aromatic carbocycles. The molecule has 0 saturated heterocycles. The molecule has 0 saturated carbocycles. The zero-order valence-corrected chi connectivity index (χ0v) is 16.3. The van der Waals surface area contributed by atoms with Crippen molar-refractivity contribution in [3.8, 4) is 11.3 Å². The Morgan fingerprint density at radius 2 is 1.73 bits per heavy atom. The molecule has 2 aromatic heterocycles. The lowest BCUT2D eigenvalue weighted by Gasteiger charge is -2.08. The smallest absolute Gasteiger partial charge is 0.216 e. The van der Waals surface area contributed by atoms with Gasteiger partial charge in [-0.2, -0.15) is 0 Å². The maximum absolute atomic E-state index is 6.34. The predicted molar refractivity (Wildman–Crippen MR) is 108 cm³/mol. The molecular weight excluding hydrogens is 318 g/mol. The van der Waals surface area contributed by atoms with Crippen LogP contribution < -0.4 is 4.57 Å². The third-order valence-electron chi connectivity index (χ3n) is 5.10. The van der Waals surface area contributed by atoms with E-state index in [1.807, 2.05) is 0 Å². The summed E-state index contributed by atoms with van der Waals surface area (Å²) in [6.45, 7) is 8.78. The number of aryl methyl sites for hydroxylation is 3. The van der Waals surface area contributed by atoms with E-state index in [4.69, 9.17) is 4.42 Å². The van der Waals surface area contributed by atoms with Gasteiger partial charge in [-0.3, -0.25) is 0 Å². The summed E-state index contributed by atoms with van der Waals surface area (Å²) < 4.78 is 8.57. The van der Waals surface area contributed by atoms with E-state index in [0.717, 1.165) is 17.6 Å². The van der Waals surface area contributed by atoms with Crippen LogP contribution in [0.5, 0.6) is 0 Å². The van der Waals surface area contributed by atoms with Gasteiger partial charge in [0.05, 0.1) is 5.56 Å². The number of nitrogens with zero attached hydrogens (tertiary/aromatic N) is 1. The maximum atomic E-state index is 6.34. The van der Waals surface area contributed by atoms with Crippen molar-refractivity contribution in [1.82, 2.24) is 0 Å². The summed E-state index contributed by atoms with van der Waals surface area (Å²) in [5.41, 5.74) is 8.16. The van der Waals surface area contributed by atoms with Gasteiger partial charge in [-0.25, -0.2) is 4.57 Å². The van der Waals surface area contributed by atoms with Gasteiger partial charge in [0, 0.05) is 22.4 Å². The second kappa shape index (κ2) is 6.28. The third kappa shape index (κ3) is 2.80. The standard InChI is InChI=1S/C24H26NO/c1-15(2)12-18-8-11-21(25(5)14-18)23-17(4)7-10-20-19-9-6-16(3)13-22(19)26-24(20)23/h6-11,13-15H,12H2,1-5H3/q+1. The molecule has 0 aliphatic carbocycles. The Morgan fingerprint density at radius 1 is 0.962 bits per heavy atom. The number of aromatic nitrogens is 1. The van der Waals surface area contributed by atoms with Crippen LogP contribution in [0.15, 0.2) is 53.1 Å². The predicted octanol–water partition coefficient (Wildman–Crippen LogP) is 5.89. The summed E-state index contributed by atoms with van der Waals surface area (Å²) >= 11 is 0. The summed E-state index contributed by atoms with van der Waals surface area (Å²) in [6, 6.07) is 15.3. The summed E-state index contributed by atoms with van der Waals surface area (Å²) in [7, 11) is 2.13. The number of benzene rings is 2. The Labute approximate surface area is 155 Å². The molecule has 0 spiro atoms. The molecule has 2 heterocycles. The summed E-state index contributed by atoms with van der Waals surface area (Å²) in [5, 5.41) is 2.37. The normalized spacial score (nSPS) is 11.8. The van der Waals surface area contributed by atoms with Crippen molar-refractivity contribution in [3.05, 3.63) is 65.4 Å². The van der Waals surface area contributed by atoms with Gasteiger partial charge in [0.1, 0.15) is 18.2 Å². The minimum Gasteiger partial charge on any atom is -0.455 e. The Morgan fingerprint density at radius 3 is 2.46 bits per heavy atom. The highest BCUT2D eigenvalue weighted by Crippen LogP contribution is 2.37. The fraction of sp³-hybridized carbons (Fsp3) is 0.292. The van der Waals surface area contributed by atoms with E-state index in [0.29, 0.717) is 5.92 Å². The Hall–Kier alpha value is -2.61. The molecule has 0 amide bonds. The van der Waals surface area contributed by atoms with Gasteiger partial charge in [-0.05, 0) is 49.4 Å². The van der Waals surface area contributed by atoms with Crippen molar-refractivity contribution in [2.75, 3.05) is 0 Å². The fourth-order valence-electron chi connectivity index (χ4n) is 3.88. The molecule has 4 rings (SSSR count). The fourth-order valence-corrected chi connectivity index (χ4v) is 3.88. The summed E-state index contributed by atoms with van der Waals surface area (Å²) in [6.07, 6.45) is 3.35. The van der Waals surface area contributed by atoms with Crippen LogP contribution in [0, 0.1) is 19.8 Å². The maximum Gasteiger partial charge on any atom is 0.216 e. The van der Waals surface area contributed by atoms with Gasteiger partial charge in [0.25, 0.3) is 0 Å². The van der Waals surface area contributed by atoms with Crippen molar-refractivity contribution in [3.63, 3.8) is 0 Å². The second-order valence-electron chi connectivity index (χ2n) is 7.87. The molecule has 2 heteroatoms. The Balaban J connectivity index is 1.96. The molecule has 132 valence electrons. The molecule has 0 N–H and O–H groups in total. The van der Waals surface area contributed by atoms with Crippen molar-refractivity contribution in [2.45, 2.75) is 34.1 Å². The Bertz CT molecular complexity index is 1120. The molecule has 4 aromatic rings. The monoisotopic (exact) mass is 344 g/mol. The van der Waals surface area contributed by atoms with Gasteiger partial charge in [-0.15, -0.1) is 0 Å². The highest BCUT2D eigenvalue weighted by Gasteiger charge is 2.20. The lowest BCUT2D eigenvalue weighted by atomic mass is 9.99. The zero-order valence-electron chi connectivity index (χ0n) is 16.3. The van der Waals surface area contributed by atoms with Crippen LogP contribution in [0.1, 0.15) is 30.5 Å². The SMILES string of the molecule is Cc1ccc2c(c1)oc1c(-c3ccc(CC(C)C)c[n+]3C)c(C)ccc12. The number of fused-ring (bicyclic) bond motifs is 3. The van der Waals surface area contributed by atoms with Crippen LogP contribution in [0.3, 0.4) is 0 Å². The van der Waals surface area contributed by atoms with Crippen LogP contribution in [-0.2, 0) is 13.5 Å². The number of rotatable bonds is 3. The largest absolute Gasteiger partial charge is 0.455 e. The van der Waals surface area contributed by atoms with Crippen molar-refractivity contribution in [1.29, 1.82) is 0 Å². The van der Waals surface area contributed by atoms with Crippen LogP contribution in [-0.4, -0.2) is 0 Å². The first kappa shape index (κ1) is 16.8. The van der Waals surface area contributed by atoms with E-state index in [9.17, 15) is 0 Å². The molecule has 0 atom stereocenters. The van der Waals surface area contributed by atoms with E-state index in [2.05, 4.69) is 88.0 Å². The van der Waals surface area contributed by atoms with E-state index in [1.54, 1.807) is 0 Å². The Kier molecular flexibility index (Phi) is 4.07. The van der Waals surface area contributed by atoms with E-state index >= 15 is 0 Å². The molecule has 2 nitrogen and oxygen atoms in total.